The molecule has 33 heavy (non-hydrogen) atoms. The Morgan fingerprint density at radius 3 is 2.39 bits per heavy atom. The van der Waals surface area contributed by atoms with Crippen molar-refractivity contribution >= 4 is 39.6 Å². The lowest BCUT2D eigenvalue weighted by Gasteiger charge is -2.19. The van der Waals surface area contributed by atoms with Crippen molar-refractivity contribution in [2.24, 2.45) is 0 Å². The highest BCUT2D eigenvalue weighted by Gasteiger charge is 2.17. The van der Waals surface area contributed by atoms with Crippen molar-refractivity contribution in [3.05, 3.63) is 120 Å². The maximum absolute atomic E-state index is 6.26. The van der Waals surface area contributed by atoms with Gasteiger partial charge in [0.05, 0.1) is 0 Å². The van der Waals surface area contributed by atoms with Crippen LogP contribution in [0.2, 0.25) is 5.02 Å². The highest BCUT2D eigenvalue weighted by atomic mass is 35.5. The van der Waals surface area contributed by atoms with E-state index in [0.29, 0.717) is 0 Å². The van der Waals surface area contributed by atoms with Gasteiger partial charge >= 0.3 is 0 Å². The van der Waals surface area contributed by atoms with Crippen LogP contribution in [-0.4, -0.2) is 16.5 Å². The molecule has 2 heterocycles. The second-order valence-electron chi connectivity index (χ2n) is 8.14. The third-order valence-corrected chi connectivity index (χ3v) is 6.07. The van der Waals surface area contributed by atoms with Crippen LogP contribution in [0.25, 0.3) is 10.9 Å². The Balaban J connectivity index is 1.34. The second-order valence-corrected chi connectivity index (χ2v) is 8.58. The molecule has 5 aromatic rings. The van der Waals surface area contributed by atoms with E-state index in [1.54, 1.807) is 12.4 Å². The first-order valence-corrected chi connectivity index (χ1v) is 11.4. The van der Waals surface area contributed by atoms with E-state index in [9.17, 15) is 0 Å². The summed E-state index contributed by atoms with van der Waals surface area (Å²) in [4.78, 5) is 7.49. The van der Waals surface area contributed by atoms with Crippen molar-refractivity contribution in [1.29, 1.82) is 0 Å². The fraction of sp³-hybridized carbons (Fsp3) is 0.107. The summed E-state index contributed by atoms with van der Waals surface area (Å²) in [5.41, 5.74) is 6.86. The maximum Gasteiger partial charge on any atom is 0.0456 e. The molecule has 0 aliphatic carbocycles. The van der Waals surface area contributed by atoms with Crippen molar-refractivity contribution in [1.82, 2.24) is 9.97 Å². The number of hydrogen-bond donors (Lipinski definition) is 3. The van der Waals surface area contributed by atoms with Crippen LogP contribution in [0.4, 0.5) is 17.1 Å². The van der Waals surface area contributed by atoms with Crippen LogP contribution in [0.3, 0.4) is 0 Å². The monoisotopic (exact) mass is 452 g/mol. The Morgan fingerprint density at radius 2 is 1.58 bits per heavy atom. The number of anilines is 3. The van der Waals surface area contributed by atoms with Crippen molar-refractivity contribution in [3.63, 3.8) is 0 Å². The number of H-pyrrole nitrogens is 1. The summed E-state index contributed by atoms with van der Waals surface area (Å²) in [5, 5.41) is 9.07. The van der Waals surface area contributed by atoms with E-state index in [1.807, 2.05) is 24.3 Å². The van der Waals surface area contributed by atoms with Crippen LogP contribution in [0.1, 0.15) is 17.0 Å². The van der Waals surface area contributed by atoms with E-state index < -0.39 is 0 Å². The molecule has 3 N–H and O–H groups in total. The molecule has 4 nitrogen and oxygen atoms in total. The Morgan fingerprint density at radius 1 is 0.818 bits per heavy atom. The number of aromatic amines is 1. The highest BCUT2D eigenvalue weighted by molar-refractivity contribution is 6.30. The minimum atomic E-state index is 0.286. The number of pyridine rings is 1. The van der Waals surface area contributed by atoms with E-state index >= 15 is 0 Å². The van der Waals surface area contributed by atoms with Crippen LogP contribution in [0.5, 0.6) is 0 Å². The van der Waals surface area contributed by atoms with Crippen molar-refractivity contribution in [2.45, 2.75) is 12.3 Å². The molecule has 2 aromatic heterocycles. The molecule has 0 bridgehead atoms. The summed E-state index contributed by atoms with van der Waals surface area (Å²) in [6, 6.07) is 28.9. The Kier molecular flexibility index (Phi) is 6.27. The van der Waals surface area contributed by atoms with Crippen molar-refractivity contribution < 1.29 is 0 Å². The van der Waals surface area contributed by atoms with Gasteiger partial charge in [-0.1, -0.05) is 41.9 Å². The van der Waals surface area contributed by atoms with Gasteiger partial charge in [-0.05, 0) is 72.1 Å². The predicted molar refractivity (Wildman–Crippen MR) is 139 cm³/mol. The van der Waals surface area contributed by atoms with Gasteiger partial charge in [-0.25, -0.2) is 0 Å². The minimum absolute atomic E-state index is 0.286. The first-order valence-electron chi connectivity index (χ1n) is 11.1. The van der Waals surface area contributed by atoms with E-state index in [4.69, 9.17) is 11.6 Å². The lowest BCUT2D eigenvalue weighted by molar-refractivity contribution is 0.722. The molecule has 164 valence electrons. The number of aromatic nitrogens is 2. The fourth-order valence-electron chi connectivity index (χ4n) is 4.19. The molecule has 0 saturated heterocycles. The van der Waals surface area contributed by atoms with E-state index in [2.05, 4.69) is 87.5 Å². The quantitative estimate of drug-likeness (QED) is 0.230. The Bertz CT molecular complexity index is 1330. The molecule has 1 unspecified atom stereocenters. The smallest absolute Gasteiger partial charge is 0.0456 e. The van der Waals surface area contributed by atoms with E-state index in [1.165, 1.54) is 16.5 Å². The SMILES string of the molecule is Clc1cccc(CC(CNc2ccc(Nc3ccncc3)cc2)c2c[nH]c3ccccc23)c1. The fourth-order valence-corrected chi connectivity index (χ4v) is 4.40. The summed E-state index contributed by atoms with van der Waals surface area (Å²) < 4.78 is 0. The second kappa shape index (κ2) is 9.80. The van der Waals surface area contributed by atoms with E-state index in [-0.39, 0.29) is 5.92 Å². The molecule has 0 radical (unpaired) electrons. The van der Waals surface area contributed by atoms with Crippen LogP contribution >= 0.6 is 11.6 Å². The number of hydrogen-bond acceptors (Lipinski definition) is 3. The first kappa shape index (κ1) is 21.1. The number of para-hydroxylation sites is 1. The molecule has 0 saturated carbocycles. The molecular formula is C28H25ClN4. The van der Waals surface area contributed by atoms with Gasteiger partial charge in [0.1, 0.15) is 0 Å². The molecule has 3 aromatic carbocycles. The molecule has 5 rings (SSSR count). The third-order valence-electron chi connectivity index (χ3n) is 5.84. The van der Waals surface area contributed by atoms with Crippen molar-refractivity contribution in [3.8, 4) is 0 Å². The van der Waals surface area contributed by atoms with Gasteiger partial charge in [0.15, 0.2) is 0 Å². The topological polar surface area (TPSA) is 52.7 Å². The Labute approximate surface area is 198 Å². The average molecular weight is 453 g/mol. The molecule has 0 amide bonds. The molecule has 0 aliphatic heterocycles. The van der Waals surface area contributed by atoms with Crippen LogP contribution in [0.15, 0.2) is 104 Å². The normalized spacial score (nSPS) is 11.9. The largest absolute Gasteiger partial charge is 0.384 e. The average Bonchev–Trinajstić information content (AvgIpc) is 3.28. The zero-order valence-electron chi connectivity index (χ0n) is 18.1. The van der Waals surface area contributed by atoms with Crippen LogP contribution in [-0.2, 0) is 6.42 Å². The molecule has 0 spiro atoms. The number of nitrogens with one attached hydrogen (secondary N) is 3. The van der Waals surface area contributed by atoms with Gasteiger partial charge in [0, 0.05) is 64.0 Å². The number of fused-ring (bicyclic) bond motifs is 1. The Hall–Kier alpha value is -3.76. The predicted octanol–water partition coefficient (Wildman–Crippen LogP) is 7.40. The highest BCUT2D eigenvalue weighted by Crippen LogP contribution is 2.30. The summed E-state index contributed by atoms with van der Waals surface area (Å²) in [6.45, 7) is 0.811. The lowest BCUT2D eigenvalue weighted by Crippen LogP contribution is -2.15. The van der Waals surface area contributed by atoms with E-state index in [0.717, 1.165) is 40.6 Å². The zero-order valence-corrected chi connectivity index (χ0v) is 18.9. The van der Waals surface area contributed by atoms with Crippen LogP contribution in [0, 0.1) is 0 Å². The summed E-state index contributed by atoms with van der Waals surface area (Å²) in [5.74, 6) is 0.286. The van der Waals surface area contributed by atoms with Gasteiger partial charge in [0.25, 0.3) is 0 Å². The number of nitrogens with zero attached hydrogens (tertiary/aromatic N) is 1. The van der Waals surface area contributed by atoms with Gasteiger partial charge in [-0.15, -0.1) is 0 Å². The van der Waals surface area contributed by atoms with Gasteiger partial charge in [-0.3, -0.25) is 4.98 Å². The minimum Gasteiger partial charge on any atom is -0.384 e. The molecule has 5 heteroatoms. The maximum atomic E-state index is 6.26. The summed E-state index contributed by atoms with van der Waals surface area (Å²) in [7, 11) is 0. The lowest BCUT2D eigenvalue weighted by atomic mass is 9.91. The molecule has 0 fully saturated rings. The third kappa shape index (κ3) is 5.18. The first-order chi connectivity index (χ1) is 16.2. The number of rotatable bonds is 8. The summed E-state index contributed by atoms with van der Waals surface area (Å²) >= 11 is 6.26. The zero-order chi connectivity index (χ0) is 22.5. The van der Waals surface area contributed by atoms with Gasteiger partial charge in [0.2, 0.25) is 0 Å². The van der Waals surface area contributed by atoms with Crippen LogP contribution < -0.4 is 10.6 Å². The van der Waals surface area contributed by atoms with Gasteiger partial charge < -0.3 is 15.6 Å². The molecule has 1 atom stereocenters. The molecule has 0 aliphatic rings. The summed E-state index contributed by atoms with van der Waals surface area (Å²) in [6.07, 6.45) is 6.60. The standard InChI is InChI=1S/C28H25ClN4/c29-22-5-3-4-20(17-22)16-21(27-19-32-28-7-2-1-6-26(27)28)18-31-23-8-10-24(11-9-23)33-25-12-14-30-15-13-25/h1-15,17,19,21,31-32H,16,18H2,(H,30,33). The number of halogens is 1. The van der Waals surface area contributed by atoms with Crippen molar-refractivity contribution in [2.75, 3.05) is 17.2 Å². The van der Waals surface area contributed by atoms with Gasteiger partial charge in [-0.2, -0.15) is 0 Å². The molecular weight excluding hydrogens is 428 g/mol. The number of benzene rings is 3.